The monoisotopic (exact) mass is 392 g/mol. The first-order valence-electron chi connectivity index (χ1n) is 7.97. The number of pyridine rings is 1. The van der Waals surface area contributed by atoms with Crippen molar-refractivity contribution in [2.45, 2.75) is 9.92 Å². The third kappa shape index (κ3) is 3.85. The smallest absolute Gasteiger partial charge is 0.340 e. The summed E-state index contributed by atoms with van der Waals surface area (Å²) in [6.45, 7) is 2.61. The molecule has 0 atom stereocenters. The van der Waals surface area contributed by atoms with E-state index in [0.717, 1.165) is 12.0 Å². The number of aromatic nitrogens is 1. The van der Waals surface area contributed by atoms with Gasteiger partial charge in [0.25, 0.3) is 0 Å². The molecular weight excluding hydrogens is 376 g/mol. The van der Waals surface area contributed by atoms with E-state index < -0.39 is 5.97 Å². The Morgan fingerprint density at radius 3 is 2.81 bits per heavy atom. The van der Waals surface area contributed by atoms with E-state index in [1.807, 2.05) is 6.07 Å². The first kappa shape index (κ1) is 18.7. The number of rotatable bonds is 5. The van der Waals surface area contributed by atoms with Gasteiger partial charge in [0.15, 0.2) is 6.29 Å². The Labute approximate surface area is 160 Å². The highest BCUT2D eigenvalue weighted by Crippen LogP contribution is 2.40. The molecule has 0 unspecified atom stereocenters. The molecule has 1 saturated heterocycles. The van der Waals surface area contributed by atoms with Crippen molar-refractivity contribution in [2.24, 2.45) is 0 Å². The minimum Gasteiger partial charge on any atom is -0.465 e. The van der Waals surface area contributed by atoms with E-state index in [9.17, 15) is 9.59 Å². The molecule has 0 bridgehead atoms. The largest absolute Gasteiger partial charge is 0.465 e. The van der Waals surface area contributed by atoms with Crippen LogP contribution in [0, 0.1) is 0 Å². The highest BCUT2D eigenvalue weighted by molar-refractivity contribution is 7.99. The maximum absolute atomic E-state index is 12.0. The van der Waals surface area contributed by atoms with Gasteiger partial charge in [-0.1, -0.05) is 23.4 Å². The minimum absolute atomic E-state index is 0.324. The van der Waals surface area contributed by atoms with E-state index in [0.29, 0.717) is 52.4 Å². The molecule has 0 radical (unpaired) electrons. The minimum atomic E-state index is -0.492. The van der Waals surface area contributed by atoms with Crippen LogP contribution in [-0.4, -0.2) is 50.7 Å². The first-order chi connectivity index (χ1) is 12.7. The number of nitrogens with zero attached hydrogens (tertiary/aromatic N) is 2. The van der Waals surface area contributed by atoms with Crippen LogP contribution in [0.1, 0.15) is 20.7 Å². The second kappa shape index (κ2) is 8.53. The molecule has 1 aliphatic rings. The number of methoxy groups -OCH3 is 1. The highest BCUT2D eigenvalue weighted by atomic mass is 35.5. The summed E-state index contributed by atoms with van der Waals surface area (Å²) in [6.07, 6.45) is 2.37. The quantitative estimate of drug-likeness (QED) is 0.571. The average molecular weight is 393 g/mol. The zero-order valence-corrected chi connectivity index (χ0v) is 15.7. The third-order valence-electron chi connectivity index (χ3n) is 3.97. The fourth-order valence-electron chi connectivity index (χ4n) is 2.69. The topological polar surface area (TPSA) is 68.7 Å². The Kier molecular flexibility index (Phi) is 6.13. The maximum Gasteiger partial charge on any atom is 0.340 e. The molecule has 136 valence electrons. The lowest BCUT2D eigenvalue weighted by Gasteiger charge is -2.30. The molecule has 1 aromatic heterocycles. The van der Waals surface area contributed by atoms with Crippen molar-refractivity contribution in [3.05, 3.63) is 46.6 Å². The summed E-state index contributed by atoms with van der Waals surface area (Å²) in [5, 5.41) is 0.860. The molecule has 0 aliphatic carbocycles. The van der Waals surface area contributed by atoms with E-state index in [-0.39, 0.29) is 0 Å². The van der Waals surface area contributed by atoms with Crippen molar-refractivity contribution in [3.8, 4) is 0 Å². The van der Waals surface area contributed by atoms with Crippen LogP contribution in [0.15, 0.2) is 40.4 Å². The summed E-state index contributed by atoms with van der Waals surface area (Å²) in [5.41, 5.74) is 1.60. The number of carbonyl (C=O) groups is 2. The molecule has 26 heavy (non-hydrogen) atoms. The van der Waals surface area contributed by atoms with Crippen LogP contribution in [0.3, 0.4) is 0 Å². The van der Waals surface area contributed by atoms with Crippen LogP contribution in [0.2, 0.25) is 5.02 Å². The van der Waals surface area contributed by atoms with E-state index in [1.165, 1.54) is 18.9 Å². The molecule has 0 saturated carbocycles. The third-order valence-corrected chi connectivity index (χ3v) is 5.56. The van der Waals surface area contributed by atoms with Gasteiger partial charge in [0, 0.05) is 29.9 Å². The van der Waals surface area contributed by atoms with E-state index in [2.05, 4.69) is 9.88 Å². The molecule has 8 heteroatoms. The Morgan fingerprint density at radius 2 is 2.12 bits per heavy atom. The molecule has 0 amide bonds. The Morgan fingerprint density at radius 1 is 1.35 bits per heavy atom. The number of ether oxygens (including phenoxy) is 2. The lowest BCUT2D eigenvalue weighted by Crippen LogP contribution is -2.36. The summed E-state index contributed by atoms with van der Waals surface area (Å²) in [7, 11) is 1.31. The SMILES string of the molecule is COC(=O)c1cccnc1Sc1c(Cl)ccc(N2CCOCC2)c1C=O. The fraction of sp³-hybridized carbons (Fsp3) is 0.278. The molecule has 0 spiro atoms. The van der Waals surface area contributed by atoms with Crippen LogP contribution in [0.4, 0.5) is 5.69 Å². The highest BCUT2D eigenvalue weighted by Gasteiger charge is 2.22. The van der Waals surface area contributed by atoms with Gasteiger partial charge >= 0.3 is 5.97 Å². The predicted octanol–water partition coefficient (Wildman–Crippen LogP) is 3.32. The first-order valence-corrected chi connectivity index (χ1v) is 9.16. The maximum atomic E-state index is 12.0. The van der Waals surface area contributed by atoms with Crippen LogP contribution in [0.5, 0.6) is 0 Å². The molecule has 0 N–H and O–H groups in total. The van der Waals surface area contributed by atoms with E-state index in [1.54, 1.807) is 24.4 Å². The average Bonchev–Trinajstić information content (AvgIpc) is 2.69. The van der Waals surface area contributed by atoms with Crippen LogP contribution in [0.25, 0.3) is 0 Å². The van der Waals surface area contributed by atoms with Gasteiger partial charge in [0.2, 0.25) is 0 Å². The van der Waals surface area contributed by atoms with E-state index >= 15 is 0 Å². The number of hydrogen-bond donors (Lipinski definition) is 0. The number of carbonyl (C=O) groups excluding carboxylic acids is 2. The normalized spacial score (nSPS) is 14.2. The molecule has 3 rings (SSSR count). The van der Waals surface area contributed by atoms with Crippen molar-refractivity contribution in [2.75, 3.05) is 38.3 Å². The molecule has 1 aliphatic heterocycles. The van der Waals surface area contributed by atoms with Gasteiger partial charge in [-0.3, -0.25) is 4.79 Å². The van der Waals surface area contributed by atoms with Gasteiger partial charge in [-0.15, -0.1) is 0 Å². The Bertz CT molecular complexity index is 825. The number of aldehydes is 1. The summed E-state index contributed by atoms with van der Waals surface area (Å²) >= 11 is 7.55. The van der Waals surface area contributed by atoms with Gasteiger partial charge in [-0.2, -0.15) is 0 Å². The Hall–Kier alpha value is -2.09. The standard InChI is InChI=1S/C18H17ClN2O4S/c1-24-18(23)12-3-2-6-20-17(12)26-16-13(11-22)15(5-4-14(16)19)21-7-9-25-10-8-21/h2-6,11H,7-10H2,1H3. The number of halogens is 1. The second-order valence-corrected chi connectivity index (χ2v) is 6.88. The summed E-state index contributed by atoms with van der Waals surface area (Å²) < 4.78 is 10.2. The molecule has 1 fully saturated rings. The molecule has 6 nitrogen and oxygen atoms in total. The molecule has 2 aromatic rings. The van der Waals surface area contributed by atoms with Gasteiger partial charge in [0.05, 0.1) is 36.5 Å². The fourth-order valence-corrected chi connectivity index (χ4v) is 3.97. The van der Waals surface area contributed by atoms with Gasteiger partial charge < -0.3 is 14.4 Å². The van der Waals surface area contributed by atoms with Crippen molar-refractivity contribution >= 4 is 41.3 Å². The van der Waals surface area contributed by atoms with Gasteiger partial charge in [-0.25, -0.2) is 9.78 Å². The number of esters is 1. The number of hydrogen-bond acceptors (Lipinski definition) is 7. The Balaban J connectivity index is 2.03. The number of benzene rings is 1. The lowest BCUT2D eigenvalue weighted by atomic mass is 10.1. The predicted molar refractivity (Wildman–Crippen MR) is 99.6 cm³/mol. The summed E-state index contributed by atoms with van der Waals surface area (Å²) in [5.74, 6) is -0.492. The summed E-state index contributed by atoms with van der Waals surface area (Å²) in [6, 6.07) is 6.87. The number of anilines is 1. The molecule has 2 heterocycles. The number of morpholine rings is 1. The molecular formula is C18H17ClN2O4S. The van der Waals surface area contributed by atoms with Crippen molar-refractivity contribution in [1.82, 2.24) is 4.98 Å². The van der Waals surface area contributed by atoms with Crippen LogP contribution < -0.4 is 4.90 Å². The van der Waals surface area contributed by atoms with Crippen molar-refractivity contribution in [3.63, 3.8) is 0 Å². The molecule has 1 aromatic carbocycles. The van der Waals surface area contributed by atoms with Crippen molar-refractivity contribution < 1.29 is 19.1 Å². The van der Waals surface area contributed by atoms with Crippen molar-refractivity contribution in [1.29, 1.82) is 0 Å². The van der Waals surface area contributed by atoms with E-state index in [4.69, 9.17) is 21.1 Å². The zero-order chi connectivity index (χ0) is 18.5. The van der Waals surface area contributed by atoms with Gasteiger partial charge in [0.1, 0.15) is 5.03 Å². The summed E-state index contributed by atoms with van der Waals surface area (Å²) in [4.78, 5) is 30.8. The van der Waals surface area contributed by atoms with Crippen LogP contribution in [-0.2, 0) is 9.47 Å². The second-order valence-electron chi connectivity index (χ2n) is 5.48. The zero-order valence-electron chi connectivity index (χ0n) is 14.1. The lowest BCUT2D eigenvalue weighted by molar-refractivity contribution is 0.0595. The van der Waals surface area contributed by atoms with Crippen LogP contribution >= 0.6 is 23.4 Å². The van der Waals surface area contributed by atoms with Gasteiger partial charge in [-0.05, 0) is 24.3 Å².